The third kappa shape index (κ3) is 67.6. The summed E-state index contributed by atoms with van der Waals surface area (Å²) in [6.07, 6.45) is 63.9. The zero-order valence-corrected chi connectivity index (χ0v) is 61.7. The Hall–Kier alpha value is -2.98. The lowest BCUT2D eigenvalue weighted by molar-refractivity contribution is -0.161. The van der Waals surface area contributed by atoms with Crippen LogP contribution >= 0.6 is 15.6 Å². The smallest absolute Gasteiger partial charge is 0.462 e. The third-order valence-electron chi connectivity index (χ3n) is 16.2. The van der Waals surface area contributed by atoms with E-state index in [-0.39, 0.29) is 25.7 Å². The van der Waals surface area contributed by atoms with E-state index in [2.05, 4.69) is 76.3 Å². The number of esters is 4. The fraction of sp³-hybridized carbons (Fsp3) is 0.840. The molecule has 19 heteroatoms. The summed E-state index contributed by atoms with van der Waals surface area (Å²) in [7, 11) is -9.93. The van der Waals surface area contributed by atoms with Gasteiger partial charge in [-0.05, 0) is 128 Å². The van der Waals surface area contributed by atoms with Gasteiger partial charge in [-0.2, -0.15) is 0 Å². The number of rotatable bonds is 72. The van der Waals surface area contributed by atoms with Gasteiger partial charge in [-0.1, -0.05) is 243 Å². The van der Waals surface area contributed by atoms with Crippen LogP contribution in [0.2, 0.25) is 0 Å². The van der Waals surface area contributed by atoms with E-state index in [1.54, 1.807) is 0 Å². The highest BCUT2D eigenvalue weighted by Crippen LogP contribution is 2.45. The number of phosphoric acid groups is 2. The molecule has 0 aromatic heterocycles. The summed E-state index contributed by atoms with van der Waals surface area (Å²) in [5.74, 6) is -2.18. The van der Waals surface area contributed by atoms with Crippen LogP contribution < -0.4 is 0 Å². The van der Waals surface area contributed by atoms with E-state index >= 15 is 0 Å². The summed E-state index contributed by atoms with van der Waals surface area (Å²) in [5.41, 5.74) is 0. The van der Waals surface area contributed by atoms with E-state index in [0.29, 0.717) is 25.7 Å². The third-order valence-corrected chi connectivity index (χ3v) is 18.1. The number of carbonyl (C=O) groups excluding carboxylic acids is 4. The molecule has 17 nitrogen and oxygen atoms in total. The first kappa shape index (κ1) is 91.0. The molecule has 0 aromatic rings. The minimum atomic E-state index is -4.97. The molecule has 0 heterocycles. The number of carbonyl (C=O) groups is 4. The predicted molar refractivity (Wildman–Crippen MR) is 381 cm³/mol. The Morgan fingerprint density at radius 2 is 0.489 bits per heavy atom. The molecule has 0 fully saturated rings. The maximum absolute atomic E-state index is 13.1. The topological polar surface area (TPSA) is 237 Å². The zero-order valence-electron chi connectivity index (χ0n) is 59.9. The molecule has 0 aliphatic rings. The molecule has 3 N–H and O–H groups in total. The number of unbranched alkanes of at least 4 members (excludes halogenated alkanes) is 38. The molecule has 94 heavy (non-hydrogen) atoms. The van der Waals surface area contributed by atoms with Crippen LogP contribution in [-0.2, 0) is 65.4 Å². The number of phosphoric ester groups is 2. The molecule has 0 aliphatic heterocycles. The summed E-state index contributed by atoms with van der Waals surface area (Å²) in [6, 6.07) is 0. The summed E-state index contributed by atoms with van der Waals surface area (Å²) in [5, 5.41) is 10.6. The van der Waals surface area contributed by atoms with E-state index in [4.69, 9.17) is 37.0 Å². The van der Waals surface area contributed by atoms with Gasteiger partial charge in [0, 0.05) is 25.7 Å². The van der Waals surface area contributed by atoms with Crippen molar-refractivity contribution in [3.63, 3.8) is 0 Å². The van der Waals surface area contributed by atoms with Crippen LogP contribution in [-0.4, -0.2) is 96.7 Å². The second-order valence-corrected chi connectivity index (χ2v) is 28.5. The fourth-order valence-electron chi connectivity index (χ4n) is 10.4. The molecule has 550 valence electrons. The van der Waals surface area contributed by atoms with Gasteiger partial charge >= 0.3 is 39.5 Å². The standard InChI is InChI=1S/C75H138O17P2/c1-5-9-13-17-21-25-29-33-34-38-42-46-50-54-58-62-75(80)92-71(66-86-73(78)60-56-52-48-44-40-36-31-27-23-19-15-11-7-3)68-90-94(83,84)88-64-69(76)63-87-93(81,82)89-67-70(91-74(79)61-57-53-49-45-41-37-32-28-24-20-16-12-8-4)65-85-72(77)59-55-51-47-43-39-35-30-26-22-18-14-10-6-2/h26-28,30-34,69-71,76H,5-25,29,35-68H2,1-4H3,(H,81,82)(H,83,84)/b30-26-,31-27-,32-28-,34-33-/t69-,70+,71+/m0/s1. The molecule has 2 unspecified atom stereocenters. The maximum Gasteiger partial charge on any atom is 0.472 e. The Kier molecular flexibility index (Phi) is 66.4. The predicted octanol–water partition coefficient (Wildman–Crippen LogP) is 21.3. The van der Waals surface area contributed by atoms with Gasteiger partial charge in [0.05, 0.1) is 26.4 Å². The van der Waals surface area contributed by atoms with Crippen molar-refractivity contribution in [2.24, 2.45) is 0 Å². The maximum atomic E-state index is 13.1. The zero-order chi connectivity index (χ0) is 69.0. The van der Waals surface area contributed by atoms with E-state index in [1.165, 1.54) is 116 Å². The first-order chi connectivity index (χ1) is 45.7. The Balaban J connectivity index is 5.33. The summed E-state index contributed by atoms with van der Waals surface area (Å²) in [4.78, 5) is 72.7. The first-order valence-corrected chi connectivity index (χ1v) is 40.9. The highest BCUT2D eigenvalue weighted by Gasteiger charge is 2.30. The van der Waals surface area contributed by atoms with Gasteiger partial charge in [-0.25, -0.2) is 9.13 Å². The average molecular weight is 1370 g/mol. The molecule has 5 atom stereocenters. The molecule has 0 rings (SSSR count). The number of allylic oxidation sites excluding steroid dienone is 8. The Morgan fingerprint density at radius 1 is 0.287 bits per heavy atom. The van der Waals surface area contributed by atoms with Gasteiger partial charge in [-0.3, -0.25) is 37.3 Å². The number of ether oxygens (including phenoxy) is 4. The Labute approximate surface area is 572 Å². The van der Waals surface area contributed by atoms with E-state index in [0.717, 1.165) is 154 Å². The number of hydrogen-bond donors (Lipinski definition) is 3. The van der Waals surface area contributed by atoms with Gasteiger partial charge in [0.2, 0.25) is 0 Å². The molecule has 0 saturated heterocycles. The second-order valence-electron chi connectivity index (χ2n) is 25.6. The van der Waals surface area contributed by atoms with Crippen molar-refractivity contribution < 1.29 is 80.2 Å². The molecule has 0 saturated carbocycles. The number of aliphatic hydroxyl groups is 1. The van der Waals surface area contributed by atoms with Gasteiger partial charge < -0.3 is 33.8 Å². The lowest BCUT2D eigenvalue weighted by Crippen LogP contribution is -2.30. The second kappa shape index (κ2) is 68.5. The van der Waals surface area contributed by atoms with Crippen LogP contribution in [0.1, 0.15) is 349 Å². The minimum Gasteiger partial charge on any atom is -0.462 e. The quantitative estimate of drug-likeness (QED) is 0.0169. The van der Waals surface area contributed by atoms with E-state index in [9.17, 15) is 43.2 Å². The van der Waals surface area contributed by atoms with Crippen molar-refractivity contribution in [2.45, 2.75) is 367 Å². The lowest BCUT2D eigenvalue weighted by Gasteiger charge is -2.21. The van der Waals surface area contributed by atoms with Gasteiger partial charge in [0.1, 0.15) is 19.3 Å². The van der Waals surface area contributed by atoms with Crippen LogP contribution in [0.5, 0.6) is 0 Å². The lowest BCUT2D eigenvalue weighted by atomic mass is 10.1. The molecular formula is C75H138O17P2. The minimum absolute atomic E-state index is 0.0877. The van der Waals surface area contributed by atoms with Crippen LogP contribution in [0.4, 0.5) is 0 Å². The van der Waals surface area contributed by atoms with Crippen LogP contribution in [0.3, 0.4) is 0 Å². The normalized spacial score (nSPS) is 14.2. The molecule has 0 radical (unpaired) electrons. The molecule has 0 bridgehead atoms. The highest BCUT2D eigenvalue weighted by molar-refractivity contribution is 7.47. The van der Waals surface area contributed by atoms with Gasteiger partial charge in [-0.15, -0.1) is 0 Å². The average Bonchev–Trinajstić information content (AvgIpc) is 2.42. The Morgan fingerprint density at radius 3 is 0.745 bits per heavy atom. The largest absolute Gasteiger partial charge is 0.472 e. The molecular weight excluding hydrogens is 1230 g/mol. The van der Waals surface area contributed by atoms with Gasteiger partial charge in [0.15, 0.2) is 12.2 Å². The van der Waals surface area contributed by atoms with Crippen LogP contribution in [0, 0.1) is 0 Å². The highest BCUT2D eigenvalue weighted by atomic mass is 31.2. The van der Waals surface area contributed by atoms with E-state index < -0.39 is 97.5 Å². The molecule has 0 aliphatic carbocycles. The molecule has 0 aromatic carbocycles. The summed E-state index contributed by atoms with van der Waals surface area (Å²) in [6.45, 7) is 4.83. The summed E-state index contributed by atoms with van der Waals surface area (Å²) < 4.78 is 68.4. The van der Waals surface area contributed by atoms with Crippen molar-refractivity contribution in [1.82, 2.24) is 0 Å². The van der Waals surface area contributed by atoms with Crippen molar-refractivity contribution >= 4 is 39.5 Å². The van der Waals surface area contributed by atoms with Crippen LogP contribution in [0.15, 0.2) is 48.6 Å². The Bertz CT molecular complexity index is 1980. The monoisotopic (exact) mass is 1370 g/mol. The van der Waals surface area contributed by atoms with Crippen molar-refractivity contribution in [3.05, 3.63) is 48.6 Å². The fourth-order valence-corrected chi connectivity index (χ4v) is 12.0. The molecule has 0 spiro atoms. The van der Waals surface area contributed by atoms with Crippen molar-refractivity contribution in [2.75, 3.05) is 39.6 Å². The summed E-state index contributed by atoms with van der Waals surface area (Å²) >= 11 is 0. The van der Waals surface area contributed by atoms with Crippen molar-refractivity contribution in [1.29, 1.82) is 0 Å². The van der Waals surface area contributed by atoms with Crippen molar-refractivity contribution in [3.8, 4) is 0 Å². The number of aliphatic hydroxyl groups excluding tert-OH is 1. The number of hydrogen-bond acceptors (Lipinski definition) is 15. The van der Waals surface area contributed by atoms with Gasteiger partial charge in [0.25, 0.3) is 0 Å². The van der Waals surface area contributed by atoms with Crippen LogP contribution in [0.25, 0.3) is 0 Å². The molecule has 0 amide bonds. The SMILES string of the molecule is CCCCCC/C=C\CCCCCCCC(=O)OC[C@H](COP(=O)(O)OC[C@H](O)COP(=O)(O)OC[C@@H](COC(=O)CCCCCCC/C=C\CCCCCC)OC(=O)CCCCCCC/C=C\CCCCCCCC)OC(=O)CCCCCCC/C=C\CCCCCC. The first-order valence-electron chi connectivity index (χ1n) is 37.9. The van der Waals surface area contributed by atoms with E-state index in [1.807, 2.05) is 0 Å².